The molecule has 0 saturated carbocycles. The zero-order valence-electron chi connectivity index (χ0n) is 13.0. The first-order valence-corrected chi connectivity index (χ1v) is 8.58. The number of hydrogen-bond acceptors (Lipinski definition) is 5. The molecule has 0 aliphatic heterocycles. The van der Waals surface area contributed by atoms with Crippen LogP contribution in [-0.4, -0.2) is 25.9 Å². The van der Waals surface area contributed by atoms with E-state index in [0.717, 1.165) is 12.1 Å². The number of halogens is 3. The van der Waals surface area contributed by atoms with Crippen molar-refractivity contribution in [2.75, 3.05) is 5.32 Å². The monoisotopic (exact) mass is 376 g/mol. The van der Waals surface area contributed by atoms with E-state index in [-0.39, 0.29) is 12.2 Å². The number of sulfone groups is 1. The molecule has 10 heteroatoms. The molecule has 0 radical (unpaired) electrons. The molecule has 1 aromatic carbocycles. The molecule has 136 valence electrons. The van der Waals surface area contributed by atoms with Gasteiger partial charge >= 0.3 is 5.51 Å². The van der Waals surface area contributed by atoms with Crippen LogP contribution in [0.1, 0.15) is 12.7 Å². The number of benzene rings is 1. The van der Waals surface area contributed by atoms with E-state index in [0.29, 0.717) is 5.76 Å². The van der Waals surface area contributed by atoms with Gasteiger partial charge in [-0.3, -0.25) is 4.79 Å². The van der Waals surface area contributed by atoms with Gasteiger partial charge in [0, 0.05) is 0 Å². The van der Waals surface area contributed by atoms with Crippen molar-refractivity contribution in [2.45, 2.75) is 29.9 Å². The van der Waals surface area contributed by atoms with Gasteiger partial charge in [0.2, 0.25) is 5.91 Å². The fourth-order valence-electron chi connectivity index (χ4n) is 1.98. The molecular formula is C15H15F3N2O4S. The van der Waals surface area contributed by atoms with Gasteiger partial charge in [-0.05, 0) is 31.2 Å². The Morgan fingerprint density at radius 3 is 2.48 bits per heavy atom. The molecule has 0 aliphatic rings. The molecule has 1 heterocycles. The van der Waals surface area contributed by atoms with E-state index in [1.54, 1.807) is 12.1 Å². The van der Waals surface area contributed by atoms with Crippen LogP contribution in [0, 0.1) is 0 Å². The van der Waals surface area contributed by atoms with Crippen LogP contribution in [0.25, 0.3) is 0 Å². The summed E-state index contributed by atoms with van der Waals surface area (Å²) in [6.07, 6.45) is 1.43. The summed E-state index contributed by atoms with van der Waals surface area (Å²) in [4.78, 5) is 11.1. The summed E-state index contributed by atoms with van der Waals surface area (Å²) in [5.41, 5.74) is -5.74. The summed E-state index contributed by atoms with van der Waals surface area (Å²) in [6.45, 7) is 1.49. The van der Waals surface area contributed by atoms with E-state index in [1.165, 1.54) is 25.3 Å². The molecule has 6 nitrogen and oxygen atoms in total. The Bertz CT molecular complexity index is 833. The van der Waals surface area contributed by atoms with Crippen LogP contribution in [0.2, 0.25) is 0 Å². The van der Waals surface area contributed by atoms with Crippen molar-refractivity contribution >= 4 is 21.4 Å². The maximum Gasteiger partial charge on any atom is 0.501 e. The molecule has 25 heavy (non-hydrogen) atoms. The van der Waals surface area contributed by atoms with Gasteiger partial charge in [0.05, 0.1) is 23.4 Å². The highest BCUT2D eigenvalue weighted by Gasteiger charge is 2.48. The Morgan fingerprint density at radius 1 is 1.20 bits per heavy atom. The summed E-state index contributed by atoms with van der Waals surface area (Å²) >= 11 is 0. The number of alkyl halides is 3. The van der Waals surface area contributed by atoms with Gasteiger partial charge in [-0.1, -0.05) is 12.1 Å². The van der Waals surface area contributed by atoms with Crippen molar-refractivity contribution < 1.29 is 30.8 Å². The van der Waals surface area contributed by atoms with Crippen molar-refractivity contribution in [1.29, 1.82) is 0 Å². The smallest absolute Gasteiger partial charge is 0.467 e. The maximum atomic E-state index is 12.8. The maximum absolute atomic E-state index is 12.8. The second kappa shape index (κ2) is 7.18. The second-order valence-electron chi connectivity index (χ2n) is 5.11. The third-order valence-corrected chi connectivity index (χ3v) is 4.81. The topological polar surface area (TPSA) is 88.4 Å². The minimum Gasteiger partial charge on any atom is -0.467 e. The van der Waals surface area contributed by atoms with Crippen molar-refractivity contribution in [2.24, 2.45) is 0 Å². The average molecular weight is 376 g/mol. The van der Waals surface area contributed by atoms with Gasteiger partial charge < -0.3 is 15.1 Å². The number of amides is 1. The standard InChI is InChI=1S/C15H15F3N2O4S/c1-10(14(21)19-9-11-5-4-8-24-11)20-12-6-2-3-7-13(12)25(22,23)15(16,17)18/h2-8,10,20H,9H2,1H3,(H,19,21). The highest BCUT2D eigenvalue weighted by atomic mass is 32.2. The van der Waals surface area contributed by atoms with E-state index in [1.807, 2.05) is 0 Å². The van der Waals surface area contributed by atoms with Crippen LogP contribution in [-0.2, 0) is 21.2 Å². The number of carbonyl (C=O) groups is 1. The molecule has 0 aliphatic carbocycles. The van der Waals surface area contributed by atoms with Crippen LogP contribution in [0.15, 0.2) is 52.0 Å². The minimum atomic E-state index is -5.54. The molecule has 1 atom stereocenters. The molecule has 0 fully saturated rings. The molecule has 1 aromatic heterocycles. The van der Waals surface area contributed by atoms with Gasteiger partial charge in [-0.2, -0.15) is 13.2 Å². The molecule has 0 bridgehead atoms. The SMILES string of the molecule is CC(Nc1ccccc1S(=O)(=O)C(F)(F)F)C(=O)NCc1ccco1. The van der Waals surface area contributed by atoms with E-state index in [4.69, 9.17) is 4.42 Å². The first kappa shape index (κ1) is 18.8. The van der Waals surface area contributed by atoms with Crippen molar-refractivity contribution in [3.8, 4) is 0 Å². The quantitative estimate of drug-likeness (QED) is 0.809. The van der Waals surface area contributed by atoms with Crippen LogP contribution in [0.4, 0.5) is 18.9 Å². The molecular weight excluding hydrogens is 361 g/mol. The lowest BCUT2D eigenvalue weighted by Gasteiger charge is -2.18. The first-order chi connectivity index (χ1) is 11.6. The Morgan fingerprint density at radius 2 is 1.88 bits per heavy atom. The lowest BCUT2D eigenvalue weighted by atomic mass is 10.2. The molecule has 2 N–H and O–H groups in total. The highest BCUT2D eigenvalue weighted by molar-refractivity contribution is 7.92. The summed E-state index contributed by atoms with van der Waals surface area (Å²) in [5, 5.41) is 5.02. The highest BCUT2D eigenvalue weighted by Crippen LogP contribution is 2.34. The third-order valence-electron chi connectivity index (χ3n) is 3.26. The summed E-state index contributed by atoms with van der Waals surface area (Å²) in [7, 11) is -5.54. The third kappa shape index (κ3) is 4.32. The predicted molar refractivity (Wildman–Crippen MR) is 83.3 cm³/mol. The Hall–Kier alpha value is -2.49. The van der Waals surface area contributed by atoms with Crippen LogP contribution < -0.4 is 10.6 Å². The van der Waals surface area contributed by atoms with Crippen LogP contribution in [0.3, 0.4) is 0 Å². The van der Waals surface area contributed by atoms with Crippen molar-refractivity contribution in [1.82, 2.24) is 5.32 Å². The van der Waals surface area contributed by atoms with E-state index >= 15 is 0 Å². The Labute approximate surface area is 141 Å². The normalized spacial score (nSPS) is 13.3. The molecule has 0 saturated heterocycles. The van der Waals surface area contributed by atoms with Crippen molar-refractivity contribution in [3.05, 3.63) is 48.4 Å². The summed E-state index contributed by atoms with van der Waals surface area (Å²) < 4.78 is 66.6. The molecule has 2 aromatic rings. The van der Waals surface area contributed by atoms with Crippen LogP contribution in [0.5, 0.6) is 0 Å². The number of furan rings is 1. The largest absolute Gasteiger partial charge is 0.501 e. The Balaban J connectivity index is 2.13. The van der Waals surface area contributed by atoms with Gasteiger partial charge in [-0.15, -0.1) is 0 Å². The van der Waals surface area contributed by atoms with Gasteiger partial charge in [-0.25, -0.2) is 8.42 Å². The zero-order valence-corrected chi connectivity index (χ0v) is 13.8. The zero-order chi connectivity index (χ0) is 18.7. The summed E-state index contributed by atoms with van der Waals surface area (Å²) in [6, 6.07) is 6.84. The molecule has 1 unspecified atom stereocenters. The van der Waals surface area contributed by atoms with Gasteiger partial charge in [0.25, 0.3) is 9.84 Å². The van der Waals surface area contributed by atoms with Gasteiger partial charge in [0.15, 0.2) is 0 Å². The number of para-hydroxylation sites is 1. The average Bonchev–Trinajstić information content (AvgIpc) is 3.05. The number of anilines is 1. The fourth-order valence-corrected chi connectivity index (χ4v) is 2.91. The molecule has 2 rings (SSSR count). The molecule has 0 spiro atoms. The predicted octanol–water partition coefficient (Wildman–Crippen LogP) is 2.69. The Kier molecular flexibility index (Phi) is 5.41. The number of rotatable bonds is 6. The first-order valence-electron chi connectivity index (χ1n) is 7.10. The number of hydrogen-bond donors (Lipinski definition) is 2. The summed E-state index contributed by atoms with van der Waals surface area (Å²) in [5.74, 6) is -0.0313. The fraction of sp³-hybridized carbons (Fsp3) is 0.267. The second-order valence-corrected chi connectivity index (χ2v) is 7.02. The lowest BCUT2D eigenvalue weighted by Crippen LogP contribution is -2.37. The molecule has 1 amide bonds. The van der Waals surface area contributed by atoms with E-state index in [9.17, 15) is 26.4 Å². The minimum absolute atomic E-state index is 0.0976. The van der Waals surface area contributed by atoms with Crippen LogP contribution >= 0.6 is 0 Å². The lowest BCUT2D eigenvalue weighted by molar-refractivity contribution is -0.121. The number of carbonyl (C=O) groups excluding carboxylic acids is 1. The van der Waals surface area contributed by atoms with E-state index in [2.05, 4.69) is 10.6 Å². The van der Waals surface area contributed by atoms with Crippen molar-refractivity contribution in [3.63, 3.8) is 0 Å². The van der Waals surface area contributed by atoms with E-state index < -0.39 is 32.2 Å². The number of nitrogens with one attached hydrogen (secondary N) is 2. The van der Waals surface area contributed by atoms with Gasteiger partial charge in [0.1, 0.15) is 11.8 Å².